The Kier molecular flexibility index (Phi) is 11.0. The van der Waals surface area contributed by atoms with Crippen molar-refractivity contribution in [3.05, 3.63) is 85.0 Å². The van der Waals surface area contributed by atoms with Crippen LogP contribution in [-0.2, 0) is 0 Å². The van der Waals surface area contributed by atoms with Gasteiger partial charge >= 0.3 is 0 Å². The Hall–Kier alpha value is -2.25. The number of halogens is 2. The average molecular weight is 679 g/mol. The van der Waals surface area contributed by atoms with E-state index in [1.165, 1.54) is 0 Å². The van der Waals surface area contributed by atoms with Crippen LogP contribution in [-0.4, -0.2) is 20.3 Å². The predicted octanol–water partition coefficient (Wildman–Crippen LogP) is 7.99. The summed E-state index contributed by atoms with van der Waals surface area (Å²) in [5.74, 6) is 2.64. The number of rotatable bonds is 12. The van der Waals surface area contributed by atoms with E-state index in [9.17, 15) is 5.26 Å². The number of ether oxygens (including phenoxy) is 3. The molecule has 0 atom stereocenters. The lowest BCUT2D eigenvalue weighted by atomic mass is 10.0. The number of benzene rings is 3. The summed E-state index contributed by atoms with van der Waals surface area (Å²) in [6.07, 6.45) is 6.13. The van der Waals surface area contributed by atoms with Crippen molar-refractivity contribution in [2.45, 2.75) is 25.7 Å². The van der Waals surface area contributed by atoms with Gasteiger partial charge in [-0.05, 0) is 112 Å². The Morgan fingerprint density at radius 3 is 2.09 bits per heavy atom. The van der Waals surface area contributed by atoms with Crippen LogP contribution in [0.25, 0.3) is 11.6 Å². The fourth-order valence-electron chi connectivity index (χ4n) is 3.33. The number of hydrogen-bond acceptors (Lipinski definition) is 4. The maximum absolute atomic E-state index is 9.46. The second-order valence-corrected chi connectivity index (χ2v) is 9.96. The van der Waals surface area contributed by atoms with Gasteiger partial charge in [0.1, 0.15) is 17.2 Å². The molecule has 0 aromatic heterocycles. The van der Waals surface area contributed by atoms with Crippen molar-refractivity contribution in [3.63, 3.8) is 0 Å². The molecule has 6 heteroatoms. The van der Waals surface area contributed by atoms with Gasteiger partial charge in [0.2, 0.25) is 0 Å². The fraction of sp³-hybridized carbons (Fsp3) is 0.250. The molecule has 0 aliphatic rings. The third kappa shape index (κ3) is 8.20. The van der Waals surface area contributed by atoms with Gasteiger partial charge in [-0.3, -0.25) is 0 Å². The molecule has 0 saturated heterocycles. The predicted molar refractivity (Wildman–Crippen MR) is 154 cm³/mol. The number of hydrogen-bond donors (Lipinski definition) is 0. The lowest BCUT2D eigenvalue weighted by Crippen LogP contribution is -2.01. The van der Waals surface area contributed by atoms with Crippen molar-refractivity contribution < 1.29 is 14.2 Å². The molecule has 0 radical (unpaired) electrons. The van der Waals surface area contributed by atoms with Gasteiger partial charge in [0.25, 0.3) is 0 Å². The number of nitrogens with zero attached hydrogens (tertiary/aromatic N) is 1. The third-order valence-electron chi connectivity index (χ3n) is 5.17. The van der Waals surface area contributed by atoms with Crippen LogP contribution >= 0.6 is 45.2 Å². The van der Waals surface area contributed by atoms with Gasteiger partial charge in [-0.2, -0.15) is 5.26 Å². The molecule has 3 aromatic carbocycles. The highest BCUT2D eigenvalue weighted by molar-refractivity contribution is 14.1. The SMILES string of the molecule is COc1cc(I)c(OCCCCCCOc2ccc(/C=C(\C#N)c3ccccc3)cc2)cc1I. The summed E-state index contributed by atoms with van der Waals surface area (Å²) in [5.41, 5.74) is 2.55. The van der Waals surface area contributed by atoms with Crippen LogP contribution < -0.4 is 14.2 Å². The van der Waals surface area contributed by atoms with E-state index in [2.05, 4.69) is 51.3 Å². The summed E-state index contributed by atoms with van der Waals surface area (Å²) in [5, 5.41) is 9.46. The van der Waals surface area contributed by atoms with E-state index in [1.807, 2.05) is 72.8 Å². The van der Waals surface area contributed by atoms with Crippen LogP contribution in [0.3, 0.4) is 0 Å². The maximum atomic E-state index is 9.46. The van der Waals surface area contributed by atoms with Crippen molar-refractivity contribution in [1.82, 2.24) is 0 Å². The highest BCUT2D eigenvalue weighted by atomic mass is 127. The zero-order valence-corrected chi connectivity index (χ0v) is 23.4. The molecule has 0 saturated carbocycles. The standard InChI is InChI=1S/C28H27I2NO3/c1-32-27-18-26(30)28(19-25(27)29)34-16-8-3-2-7-15-33-24-13-11-21(12-14-24)17-23(20-31)22-9-5-4-6-10-22/h4-6,9-14,17-19H,2-3,7-8,15-16H2,1H3/b23-17+. The minimum Gasteiger partial charge on any atom is -0.496 e. The Labute approximate surface area is 229 Å². The van der Waals surface area contributed by atoms with Crippen LogP contribution in [0.2, 0.25) is 0 Å². The van der Waals surface area contributed by atoms with E-state index in [0.29, 0.717) is 18.8 Å². The van der Waals surface area contributed by atoms with Crippen LogP contribution in [0.15, 0.2) is 66.7 Å². The molecule has 0 fully saturated rings. The first-order valence-electron chi connectivity index (χ1n) is 11.2. The van der Waals surface area contributed by atoms with Crippen molar-refractivity contribution in [1.29, 1.82) is 5.26 Å². The first kappa shape index (κ1) is 26.4. The molecule has 3 rings (SSSR count). The highest BCUT2D eigenvalue weighted by Gasteiger charge is 2.08. The number of allylic oxidation sites excluding steroid dienone is 1. The molecule has 0 unspecified atom stereocenters. The minimum absolute atomic E-state index is 0.648. The van der Waals surface area contributed by atoms with Crippen LogP contribution in [0, 0.1) is 18.5 Å². The molecule has 0 bridgehead atoms. The molecule has 0 aliphatic heterocycles. The fourth-order valence-corrected chi connectivity index (χ4v) is 4.58. The Morgan fingerprint density at radius 2 is 1.44 bits per heavy atom. The Morgan fingerprint density at radius 1 is 0.824 bits per heavy atom. The smallest absolute Gasteiger partial charge is 0.133 e. The highest BCUT2D eigenvalue weighted by Crippen LogP contribution is 2.31. The van der Waals surface area contributed by atoms with E-state index in [1.54, 1.807) is 7.11 Å². The first-order valence-corrected chi connectivity index (χ1v) is 13.3. The minimum atomic E-state index is 0.648. The van der Waals surface area contributed by atoms with Crippen LogP contribution in [0.1, 0.15) is 36.8 Å². The lowest BCUT2D eigenvalue weighted by Gasteiger charge is -2.11. The average Bonchev–Trinajstić information content (AvgIpc) is 2.87. The summed E-state index contributed by atoms with van der Waals surface area (Å²) in [6, 6.07) is 23.9. The number of methoxy groups -OCH3 is 1. The summed E-state index contributed by atoms with van der Waals surface area (Å²) >= 11 is 4.54. The van der Waals surface area contributed by atoms with Crippen molar-refractivity contribution in [2.24, 2.45) is 0 Å². The third-order valence-corrected chi connectivity index (χ3v) is 6.85. The Bertz CT molecular complexity index is 1120. The van der Waals surface area contributed by atoms with Gasteiger partial charge < -0.3 is 14.2 Å². The zero-order valence-electron chi connectivity index (χ0n) is 19.1. The van der Waals surface area contributed by atoms with Gasteiger partial charge in [-0.25, -0.2) is 0 Å². The summed E-state index contributed by atoms with van der Waals surface area (Å²) in [7, 11) is 1.68. The van der Waals surface area contributed by atoms with Crippen molar-refractivity contribution in [2.75, 3.05) is 20.3 Å². The van der Waals surface area contributed by atoms with E-state index in [0.717, 1.165) is 61.2 Å². The van der Waals surface area contributed by atoms with Gasteiger partial charge in [-0.15, -0.1) is 0 Å². The lowest BCUT2D eigenvalue weighted by molar-refractivity contribution is 0.286. The molecule has 34 heavy (non-hydrogen) atoms. The van der Waals surface area contributed by atoms with E-state index in [-0.39, 0.29) is 0 Å². The number of unbranched alkanes of at least 4 members (excludes halogenated alkanes) is 3. The monoisotopic (exact) mass is 679 g/mol. The summed E-state index contributed by atoms with van der Waals surface area (Å²) < 4.78 is 19.3. The number of nitriles is 1. The van der Waals surface area contributed by atoms with Gasteiger partial charge in [0, 0.05) is 0 Å². The Balaban J connectivity index is 1.34. The molecule has 0 heterocycles. The van der Waals surface area contributed by atoms with Crippen molar-refractivity contribution in [3.8, 4) is 23.3 Å². The molecule has 0 N–H and O–H groups in total. The van der Waals surface area contributed by atoms with Gasteiger partial charge in [0.15, 0.2) is 0 Å². The molecule has 0 aliphatic carbocycles. The molecular formula is C28H27I2NO3. The zero-order chi connectivity index (χ0) is 24.2. The van der Waals surface area contributed by atoms with Crippen LogP contribution in [0.4, 0.5) is 0 Å². The molecule has 4 nitrogen and oxygen atoms in total. The molecular weight excluding hydrogens is 652 g/mol. The van der Waals surface area contributed by atoms with Gasteiger partial charge in [-0.1, -0.05) is 42.5 Å². The van der Waals surface area contributed by atoms with E-state index in [4.69, 9.17) is 14.2 Å². The summed E-state index contributed by atoms with van der Waals surface area (Å²) in [6.45, 7) is 1.40. The second kappa shape index (κ2) is 14.2. The first-order chi connectivity index (χ1) is 16.6. The normalized spacial score (nSPS) is 11.1. The quantitative estimate of drug-likeness (QED) is 0.0844. The molecule has 176 valence electrons. The van der Waals surface area contributed by atoms with Gasteiger partial charge in [0.05, 0.1) is 39.1 Å². The molecule has 0 spiro atoms. The second-order valence-electron chi connectivity index (χ2n) is 7.63. The van der Waals surface area contributed by atoms with Crippen molar-refractivity contribution >= 4 is 56.8 Å². The molecule has 0 amide bonds. The summed E-state index contributed by atoms with van der Waals surface area (Å²) in [4.78, 5) is 0. The topological polar surface area (TPSA) is 51.5 Å². The van der Waals surface area contributed by atoms with E-state index < -0.39 is 0 Å². The van der Waals surface area contributed by atoms with E-state index >= 15 is 0 Å². The van der Waals surface area contributed by atoms with Crippen LogP contribution in [0.5, 0.6) is 17.2 Å². The maximum Gasteiger partial charge on any atom is 0.133 e. The largest absolute Gasteiger partial charge is 0.496 e. The molecule has 3 aromatic rings.